The fourth-order valence-electron chi connectivity index (χ4n) is 2.39. The summed E-state index contributed by atoms with van der Waals surface area (Å²) in [6.07, 6.45) is 6.42. The number of aromatic nitrogens is 2. The molecule has 1 aliphatic carbocycles. The highest BCUT2D eigenvalue weighted by Crippen LogP contribution is 2.28. The summed E-state index contributed by atoms with van der Waals surface area (Å²) in [5.74, 6) is 0.331. The summed E-state index contributed by atoms with van der Waals surface area (Å²) in [5.41, 5.74) is 1.20. The molecule has 2 aromatic rings. The van der Waals surface area contributed by atoms with Crippen LogP contribution in [0.1, 0.15) is 25.7 Å². The van der Waals surface area contributed by atoms with Crippen molar-refractivity contribution < 1.29 is 9.13 Å². The van der Waals surface area contributed by atoms with E-state index in [9.17, 15) is 4.39 Å². The molecule has 0 radical (unpaired) electrons. The zero-order chi connectivity index (χ0) is 12.4. The van der Waals surface area contributed by atoms with E-state index in [0.29, 0.717) is 17.0 Å². The van der Waals surface area contributed by atoms with Gasteiger partial charge in [-0.15, -0.1) is 0 Å². The number of H-pyrrole nitrogens is 1. The molecule has 3 rings (SSSR count). The third-order valence-corrected chi connectivity index (χ3v) is 3.34. The molecule has 1 aromatic carbocycles. The van der Waals surface area contributed by atoms with E-state index in [-0.39, 0.29) is 11.9 Å². The van der Waals surface area contributed by atoms with E-state index in [2.05, 4.69) is 10.2 Å². The van der Waals surface area contributed by atoms with Gasteiger partial charge in [0.15, 0.2) is 0 Å². The zero-order valence-corrected chi connectivity index (χ0v) is 10.0. The van der Waals surface area contributed by atoms with Crippen molar-refractivity contribution in [1.29, 1.82) is 0 Å². The number of rotatable bonds is 3. The quantitative estimate of drug-likeness (QED) is 0.899. The smallest absolute Gasteiger partial charge is 0.136 e. The molecule has 1 N–H and O–H groups in total. The molecule has 0 spiro atoms. The average molecular weight is 246 g/mol. The van der Waals surface area contributed by atoms with Crippen LogP contribution in [0.15, 0.2) is 30.5 Å². The van der Waals surface area contributed by atoms with Crippen LogP contribution < -0.4 is 4.74 Å². The summed E-state index contributed by atoms with van der Waals surface area (Å²) >= 11 is 0. The number of aromatic amines is 1. The van der Waals surface area contributed by atoms with Gasteiger partial charge in [0.1, 0.15) is 11.6 Å². The van der Waals surface area contributed by atoms with Gasteiger partial charge in [0.2, 0.25) is 0 Å². The highest BCUT2D eigenvalue weighted by Gasteiger charge is 2.17. The SMILES string of the molecule is Fc1cc(OC2CCCC2)ccc1-c1ccn[nH]1. The molecule has 1 aliphatic rings. The van der Waals surface area contributed by atoms with Gasteiger partial charge in [-0.1, -0.05) is 0 Å². The van der Waals surface area contributed by atoms with Crippen molar-refractivity contribution in [2.75, 3.05) is 0 Å². The molecular formula is C14H15FN2O. The van der Waals surface area contributed by atoms with Crippen molar-refractivity contribution in [2.45, 2.75) is 31.8 Å². The summed E-state index contributed by atoms with van der Waals surface area (Å²) in [7, 11) is 0. The molecule has 0 saturated heterocycles. The maximum Gasteiger partial charge on any atom is 0.136 e. The molecule has 1 heterocycles. The Hall–Kier alpha value is -1.84. The molecule has 3 nitrogen and oxygen atoms in total. The van der Waals surface area contributed by atoms with Crippen LogP contribution in [0.5, 0.6) is 5.75 Å². The Bertz CT molecular complexity index is 519. The Labute approximate surface area is 105 Å². The molecule has 0 atom stereocenters. The van der Waals surface area contributed by atoms with Crippen molar-refractivity contribution in [3.8, 4) is 17.0 Å². The van der Waals surface area contributed by atoms with Gasteiger partial charge < -0.3 is 4.74 Å². The predicted octanol–water partition coefficient (Wildman–Crippen LogP) is 3.54. The third-order valence-electron chi connectivity index (χ3n) is 3.34. The summed E-state index contributed by atoms with van der Waals surface area (Å²) < 4.78 is 19.7. The molecule has 0 aliphatic heterocycles. The lowest BCUT2D eigenvalue weighted by atomic mass is 10.1. The fraction of sp³-hybridized carbons (Fsp3) is 0.357. The largest absolute Gasteiger partial charge is 0.490 e. The van der Waals surface area contributed by atoms with Gasteiger partial charge in [0, 0.05) is 17.8 Å². The monoisotopic (exact) mass is 246 g/mol. The van der Waals surface area contributed by atoms with Crippen LogP contribution in [-0.2, 0) is 0 Å². The second-order valence-electron chi connectivity index (χ2n) is 4.64. The Morgan fingerprint density at radius 2 is 2.06 bits per heavy atom. The molecule has 1 fully saturated rings. The lowest BCUT2D eigenvalue weighted by Crippen LogP contribution is -2.10. The van der Waals surface area contributed by atoms with E-state index in [1.165, 1.54) is 18.9 Å². The van der Waals surface area contributed by atoms with Crippen LogP contribution in [0.3, 0.4) is 0 Å². The second-order valence-corrected chi connectivity index (χ2v) is 4.64. The number of hydrogen-bond donors (Lipinski definition) is 1. The van der Waals surface area contributed by atoms with Gasteiger partial charge in [-0.2, -0.15) is 5.10 Å². The Balaban J connectivity index is 1.80. The number of hydrogen-bond acceptors (Lipinski definition) is 2. The second kappa shape index (κ2) is 4.80. The highest BCUT2D eigenvalue weighted by molar-refractivity contribution is 5.60. The van der Waals surface area contributed by atoms with Gasteiger partial charge in [-0.3, -0.25) is 5.10 Å². The van der Waals surface area contributed by atoms with Crippen molar-refractivity contribution in [2.24, 2.45) is 0 Å². The highest BCUT2D eigenvalue weighted by atomic mass is 19.1. The number of benzene rings is 1. The van der Waals surface area contributed by atoms with Crippen molar-refractivity contribution in [3.63, 3.8) is 0 Å². The standard InChI is InChI=1S/C14H15FN2O/c15-13-9-11(18-10-3-1-2-4-10)5-6-12(13)14-7-8-16-17-14/h5-10H,1-4H2,(H,16,17). The number of ether oxygens (including phenoxy) is 1. The van der Waals surface area contributed by atoms with Crippen LogP contribution >= 0.6 is 0 Å². The first-order valence-electron chi connectivity index (χ1n) is 6.29. The summed E-state index contributed by atoms with van der Waals surface area (Å²) in [6.45, 7) is 0. The minimum Gasteiger partial charge on any atom is -0.490 e. The Morgan fingerprint density at radius 3 is 2.72 bits per heavy atom. The molecule has 1 aromatic heterocycles. The van der Waals surface area contributed by atoms with Gasteiger partial charge in [0.05, 0.1) is 11.8 Å². The minimum atomic E-state index is -0.283. The first-order valence-corrected chi connectivity index (χ1v) is 6.29. The topological polar surface area (TPSA) is 37.9 Å². The first-order chi connectivity index (χ1) is 8.83. The minimum absolute atomic E-state index is 0.252. The van der Waals surface area contributed by atoms with Crippen molar-refractivity contribution in [1.82, 2.24) is 10.2 Å². The van der Waals surface area contributed by atoms with Gasteiger partial charge >= 0.3 is 0 Å². The van der Waals surface area contributed by atoms with E-state index in [1.807, 2.05) is 6.07 Å². The van der Waals surface area contributed by atoms with Crippen LogP contribution in [-0.4, -0.2) is 16.3 Å². The molecule has 0 unspecified atom stereocenters. The maximum absolute atomic E-state index is 14.0. The number of nitrogens with one attached hydrogen (secondary N) is 1. The maximum atomic E-state index is 14.0. The third kappa shape index (κ3) is 2.23. The predicted molar refractivity (Wildman–Crippen MR) is 66.9 cm³/mol. The van der Waals surface area contributed by atoms with Crippen LogP contribution in [0.4, 0.5) is 4.39 Å². The Morgan fingerprint density at radius 1 is 1.22 bits per heavy atom. The van der Waals surface area contributed by atoms with Crippen molar-refractivity contribution in [3.05, 3.63) is 36.3 Å². The van der Waals surface area contributed by atoms with Crippen LogP contribution in [0.2, 0.25) is 0 Å². The summed E-state index contributed by atoms with van der Waals surface area (Å²) in [6, 6.07) is 6.75. The van der Waals surface area contributed by atoms with Gasteiger partial charge in [0.25, 0.3) is 0 Å². The fourth-order valence-corrected chi connectivity index (χ4v) is 2.39. The summed E-state index contributed by atoms with van der Waals surface area (Å²) in [5, 5.41) is 6.58. The van der Waals surface area contributed by atoms with E-state index in [1.54, 1.807) is 18.3 Å². The molecular weight excluding hydrogens is 231 g/mol. The van der Waals surface area contributed by atoms with E-state index in [0.717, 1.165) is 12.8 Å². The van der Waals surface area contributed by atoms with Crippen LogP contribution in [0.25, 0.3) is 11.3 Å². The Kier molecular flexibility index (Phi) is 3.00. The molecule has 4 heteroatoms. The lowest BCUT2D eigenvalue weighted by Gasteiger charge is -2.13. The van der Waals surface area contributed by atoms with E-state index >= 15 is 0 Å². The van der Waals surface area contributed by atoms with E-state index < -0.39 is 0 Å². The molecule has 94 valence electrons. The number of nitrogens with zero attached hydrogens (tertiary/aromatic N) is 1. The normalized spacial score (nSPS) is 16.1. The van der Waals surface area contributed by atoms with Crippen LogP contribution in [0, 0.1) is 5.82 Å². The average Bonchev–Trinajstić information content (AvgIpc) is 3.01. The van der Waals surface area contributed by atoms with Crippen molar-refractivity contribution >= 4 is 0 Å². The van der Waals surface area contributed by atoms with Gasteiger partial charge in [-0.05, 0) is 43.9 Å². The first kappa shape index (κ1) is 11.3. The summed E-state index contributed by atoms with van der Waals surface area (Å²) in [4.78, 5) is 0. The lowest BCUT2D eigenvalue weighted by molar-refractivity contribution is 0.209. The molecule has 0 bridgehead atoms. The number of halogens is 1. The zero-order valence-electron chi connectivity index (χ0n) is 10.0. The van der Waals surface area contributed by atoms with E-state index in [4.69, 9.17) is 4.74 Å². The molecule has 1 saturated carbocycles. The van der Waals surface area contributed by atoms with Gasteiger partial charge in [-0.25, -0.2) is 4.39 Å². The molecule has 18 heavy (non-hydrogen) atoms. The molecule has 0 amide bonds.